The first-order valence-electron chi connectivity index (χ1n) is 9.83. The highest BCUT2D eigenvalue weighted by Gasteiger charge is 2.31. The topological polar surface area (TPSA) is 87.2 Å². The van der Waals surface area contributed by atoms with Crippen LogP contribution in [-0.2, 0) is 4.79 Å². The van der Waals surface area contributed by atoms with Gasteiger partial charge in [0, 0.05) is 38.2 Å². The van der Waals surface area contributed by atoms with Gasteiger partial charge >= 0.3 is 5.69 Å². The van der Waals surface area contributed by atoms with E-state index in [1.54, 1.807) is 11.5 Å². The van der Waals surface area contributed by atoms with Crippen LogP contribution in [0.15, 0.2) is 15.7 Å². The lowest BCUT2D eigenvalue weighted by Crippen LogP contribution is -2.31. The molecule has 2 aromatic rings. The molecular formula is C20H25FN4O3. The van der Waals surface area contributed by atoms with Crippen LogP contribution in [0.1, 0.15) is 44.2 Å². The van der Waals surface area contributed by atoms with E-state index in [-0.39, 0.29) is 17.3 Å². The molecule has 1 aliphatic heterocycles. The highest BCUT2D eigenvalue weighted by molar-refractivity contribution is 5.87. The maximum absolute atomic E-state index is 15.0. The molecule has 8 heteroatoms. The van der Waals surface area contributed by atoms with Crippen molar-refractivity contribution in [2.45, 2.75) is 45.6 Å². The Morgan fingerprint density at radius 1 is 1.32 bits per heavy atom. The number of aromatic nitrogens is 2. The Morgan fingerprint density at radius 2 is 2.07 bits per heavy atom. The smallest absolute Gasteiger partial charge is 0.329 e. The van der Waals surface area contributed by atoms with Gasteiger partial charge in [-0.25, -0.2) is 9.18 Å². The zero-order chi connectivity index (χ0) is 20.0. The molecule has 1 amide bonds. The highest BCUT2D eigenvalue weighted by atomic mass is 19.1. The van der Waals surface area contributed by atoms with E-state index in [2.05, 4.69) is 10.3 Å². The van der Waals surface area contributed by atoms with Gasteiger partial charge in [0.15, 0.2) is 0 Å². The normalized spacial score (nSPS) is 19.4. The van der Waals surface area contributed by atoms with Crippen molar-refractivity contribution in [1.82, 2.24) is 14.9 Å². The van der Waals surface area contributed by atoms with Gasteiger partial charge in [0.25, 0.3) is 5.56 Å². The number of hydrogen-bond donors (Lipinski definition) is 2. The van der Waals surface area contributed by atoms with Gasteiger partial charge in [-0.05, 0) is 44.6 Å². The molecule has 1 aromatic heterocycles. The molecule has 2 heterocycles. The van der Waals surface area contributed by atoms with Crippen LogP contribution in [0.2, 0.25) is 0 Å². The minimum absolute atomic E-state index is 0.0467. The lowest BCUT2D eigenvalue weighted by molar-refractivity contribution is -0.118. The van der Waals surface area contributed by atoms with Gasteiger partial charge in [-0.3, -0.25) is 19.1 Å². The standard InChI is InChI=1S/C20H25FN4O3/c1-11-17-15(19(27)23-20(28)25(17)14-3-4-14)9-16(21)18(11)24-8-6-13(10-24)5-7-22-12(2)26/h9,13-14H,3-8,10H2,1-2H3,(H,22,26)(H,23,27,28). The number of fused-ring (bicyclic) bond motifs is 1. The summed E-state index contributed by atoms with van der Waals surface area (Å²) in [5, 5.41) is 3.03. The monoisotopic (exact) mass is 388 g/mol. The van der Waals surface area contributed by atoms with E-state index < -0.39 is 17.1 Å². The third-order valence-corrected chi connectivity index (χ3v) is 5.83. The molecule has 0 bridgehead atoms. The van der Waals surface area contributed by atoms with E-state index in [9.17, 15) is 14.4 Å². The summed E-state index contributed by atoms with van der Waals surface area (Å²) in [5.41, 5.74) is 0.714. The molecule has 28 heavy (non-hydrogen) atoms. The van der Waals surface area contributed by atoms with Crippen LogP contribution in [0.3, 0.4) is 0 Å². The Morgan fingerprint density at radius 3 is 2.75 bits per heavy atom. The number of aromatic amines is 1. The molecule has 0 radical (unpaired) electrons. The molecule has 1 saturated carbocycles. The number of benzene rings is 1. The molecule has 150 valence electrons. The highest BCUT2D eigenvalue weighted by Crippen LogP contribution is 2.39. The fraction of sp³-hybridized carbons (Fsp3) is 0.550. The van der Waals surface area contributed by atoms with Crippen molar-refractivity contribution in [3.8, 4) is 0 Å². The third-order valence-electron chi connectivity index (χ3n) is 5.83. The van der Waals surface area contributed by atoms with Gasteiger partial charge in [-0.15, -0.1) is 0 Å². The molecular weight excluding hydrogens is 363 g/mol. The fourth-order valence-corrected chi connectivity index (χ4v) is 4.36. The predicted octanol–water partition coefficient (Wildman–Crippen LogP) is 1.82. The summed E-state index contributed by atoms with van der Waals surface area (Å²) in [4.78, 5) is 40.0. The zero-order valence-electron chi connectivity index (χ0n) is 16.2. The number of halogens is 1. The quantitative estimate of drug-likeness (QED) is 0.818. The summed E-state index contributed by atoms with van der Waals surface area (Å²) in [6, 6.07) is 1.34. The second-order valence-corrected chi connectivity index (χ2v) is 7.96. The van der Waals surface area contributed by atoms with Crippen molar-refractivity contribution in [2.24, 2.45) is 5.92 Å². The van der Waals surface area contributed by atoms with Crippen LogP contribution in [-0.4, -0.2) is 35.1 Å². The Bertz CT molecular complexity index is 1050. The molecule has 1 atom stereocenters. The Balaban J connectivity index is 1.70. The minimum atomic E-state index is -0.542. The second kappa shape index (κ2) is 7.07. The first-order valence-corrected chi connectivity index (χ1v) is 9.83. The first-order chi connectivity index (χ1) is 13.4. The lowest BCUT2D eigenvalue weighted by Gasteiger charge is -2.24. The van der Waals surface area contributed by atoms with E-state index in [1.807, 2.05) is 4.90 Å². The molecule has 4 rings (SSSR count). The van der Waals surface area contributed by atoms with Gasteiger partial charge in [0.2, 0.25) is 5.91 Å². The molecule has 2 aliphatic rings. The Labute approximate surface area is 161 Å². The molecule has 1 aromatic carbocycles. The van der Waals surface area contributed by atoms with E-state index in [0.717, 1.165) is 25.7 Å². The number of carbonyl (C=O) groups is 1. The number of amides is 1. The first kappa shape index (κ1) is 18.7. The average Bonchev–Trinajstić information content (AvgIpc) is 3.35. The largest absolute Gasteiger partial charge is 0.369 e. The molecule has 1 unspecified atom stereocenters. The zero-order valence-corrected chi connectivity index (χ0v) is 16.2. The van der Waals surface area contributed by atoms with E-state index >= 15 is 4.39 Å². The summed E-state index contributed by atoms with van der Waals surface area (Å²) in [6.45, 7) is 5.31. The summed E-state index contributed by atoms with van der Waals surface area (Å²) in [7, 11) is 0. The summed E-state index contributed by atoms with van der Waals surface area (Å²) < 4.78 is 16.6. The van der Waals surface area contributed by atoms with E-state index in [1.165, 1.54) is 13.0 Å². The number of aryl methyl sites for hydroxylation is 1. The van der Waals surface area contributed by atoms with Gasteiger partial charge in [-0.1, -0.05) is 0 Å². The summed E-state index contributed by atoms with van der Waals surface area (Å²) in [6.07, 6.45) is 3.54. The third kappa shape index (κ3) is 3.31. The van der Waals surface area contributed by atoms with Gasteiger partial charge in [0.05, 0.1) is 16.6 Å². The van der Waals surface area contributed by atoms with Crippen LogP contribution < -0.4 is 21.5 Å². The number of carbonyl (C=O) groups excluding carboxylic acids is 1. The Kier molecular flexibility index (Phi) is 4.72. The van der Waals surface area contributed by atoms with Crippen LogP contribution in [0.4, 0.5) is 10.1 Å². The van der Waals surface area contributed by atoms with Crippen molar-refractivity contribution in [1.29, 1.82) is 0 Å². The average molecular weight is 388 g/mol. The second-order valence-electron chi connectivity index (χ2n) is 7.96. The van der Waals surface area contributed by atoms with E-state index in [4.69, 9.17) is 0 Å². The van der Waals surface area contributed by atoms with Crippen molar-refractivity contribution >= 4 is 22.5 Å². The van der Waals surface area contributed by atoms with Gasteiger partial charge < -0.3 is 10.2 Å². The molecule has 2 N–H and O–H groups in total. The summed E-state index contributed by atoms with van der Waals surface area (Å²) in [5.74, 6) is -0.111. The van der Waals surface area contributed by atoms with Crippen LogP contribution in [0.25, 0.3) is 10.9 Å². The lowest BCUT2D eigenvalue weighted by atomic mass is 10.0. The SMILES string of the molecule is CC(=O)NCCC1CCN(c2c(F)cc3c(=O)[nH]c(=O)n(C4CC4)c3c2C)C1. The number of anilines is 1. The molecule has 0 spiro atoms. The molecule has 2 fully saturated rings. The van der Waals surface area contributed by atoms with Gasteiger partial charge in [0.1, 0.15) is 5.82 Å². The van der Waals surface area contributed by atoms with Crippen molar-refractivity contribution in [3.63, 3.8) is 0 Å². The number of nitrogens with one attached hydrogen (secondary N) is 2. The molecule has 1 aliphatic carbocycles. The number of rotatable bonds is 5. The van der Waals surface area contributed by atoms with E-state index in [0.29, 0.717) is 42.3 Å². The Hall–Kier alpha value is -2.64. The van der Waals surface area contributed by atoms with Crippen LogP contribution >= 0.6 is 0 Å². The number of H-pyrrole nitrogens is 1. The van der Waals surface area contributed by atoms with Crippen LogP contribution in [0.5, 0.6) is 0 Å². The number of nitrogens with zero attached hydrogens (tertiary/aromatic N) is 2. The van der Waals surface area contributed by atoms with Crippen molar-refractivity contribution < 1.29 is 9.18 Å². The van der Waals surface area contributed by atoms with Crippen molar-refractivity contribution in [2.75, 3.05) is 24.5 Å². The number of hydrogen-bond acceptors (Lipinski definition) is 4. The maximum atomic E-state index is 15.0. The molecule has 7 nitrogen and oxygen atoms in total. The predicted molar refractivity (Wildman–Crippen MR) is 105 cm³/mol. The summed E-state index contributed by atoms with van der Waals surface area (Å²) >= 11 is 0. The van der Waals surface area contributed by atoms with Crippen LogP contribution in [0, 0.1) is 18.7 Å². The maximum Gasteiger partial charge on any atom is 0.329 e. The fourth-order valence-electron chi connectivity index (χ4n) is 4.36. The van der Waals surface area contributed by atoms with Crippen molar-refractivity contribution in [3.05, 3.63) is 38.3 Å². The molecule has 1 saturated heterocycles. The minimum Gasteiger partial charge on any atom is -0.369 e. The van der Waals surface area contributed by atoms with Gasteiger partial charge in [-0.2, -0.15) is 0 Å².